The molecule has 3 rings (SSSR count). The Morgan fingerprint density at radius 1 is 0.952 bits per heavy atom. The summed E-state index contributed by atoms with van der Waals surface area (Å²) in [6, 6.07) is 16.9. The van der Waals surface area contributed by atoms with E-state index in [1.807, 2.05) is 33.8 Å². The summed E-state index contributed by atoms with van der Waals surface area (Å²) in [6.07, 6.45) is 1.02. The van der Waals surface area contributed by atoms with Crippen molar-refractivity contribution in [2.75, 3.05) is 18.0 Å². The smallest absolute Gasteiger partial charge is 0.264 e. The van der Waals surface area contributed by atoms with Crippen molar-refractivity contribution in [3.8, 4) is 5.75 Å². The Kier molecular flexibility index (Phi) is 11.7. The fourth-order valence-electron chi connectivity index (χ4n) is 4.38. The van der Waals surface area contributed by atoms with Crippen LogP contribution in [-0.2, 0) is 26.2 Å². The number of nitrogens with zero attached hydrogens (tertiary/aromatic N) is 2. The van der Waals surface area contributed by atoms with Gasteiger partial charge in [-0.2, -0.15) is 0 Å². The van der Waals surface area contributed by atoms with Gasteiger partial charge in [0, 0.05) is 22.6 Å². The Balaban J connectivity index is 2.10. The average Bonchev–Trinajstić information content (AvgIpc) is 2.95. The molecule has 11 heteroatoms. The van der Waals surface area contributed by atoms with Gasteiger partial charge in [-0.15, -0.1) is 0 Å². The van der Waals surface area contributed by atoms with Crippen LogP contribution in [0.25, 0.3) is 0 Å². The van der Waals surface area contributed by atoms with Crippen LogP contribution in [0.2, 0.25) is 10.0 Å². The Hall–Kier alpha value is -3.27. The Morgan fingerprint density at radius 2 is 1.60 bits per heavy atom. The molecule has 226 valence electrons. The molecule has 0 saturated heterocycles. The van der Waals surface area contributed by atoms with Crippen molar-refractivity contribution < 1.29 is 22.7 Å². The number of amides is 2. The van der Waals surface area contributed by atoms with E-state index in [-0.39, 0.29) is 39.1 Å². The van der Waals surface area contributed by atoms with E-state index in [1.165, 1.54) is 35.2 Å². The summed E-state index contributed by atoms with van der Waals surface area (Å²) >= 11 is 12.5. The predicted octanol–water partition coefficient (Wildman–Crippen LogP) is 6.23. The van der Waals surface area contributed by atoms with E-state index in [0.29, 0.717) is 18.6 Å². The van der Waals surface area contributed by atoms with Gasteiger partial charge in [0.1, 0.15) is 18.3 Å². The molecule has 2 atom stereocenters. The molecule has 8 nitrogen and oxygen atoms in total. The first-order valence-corrected chi connectivity index (χ1v) is 15.9. The van der Waals surface area contributed by atoms with Gasteiger partial charge in [-0.3, -0.25) is 13.9 Å². The van der Waals surface area contributed by atoms with Crippen LogP contribution in [0.15, 0.2) is 71.6 Å². The van der Waals surface area contributed by atoms with Crippen LogP contribution in [0.1, 0.15) is 44.7 Å². The second-order valence-corrected chi connectivity index (χ2v) is 12.8. The maximum Gasteiger partial charge on any atom is 0.264 e. The first kappa shape index (κ1) is 33.2. The van der Waals surface area contributed by atoms with Gasteiger partial charge in [0.2, 0.25) is 11.8 Å². The third-order valence-corrected chi connectivity index (χ3v) is 9.12. The van der Waals surface area contributed by atoms with E-state index < -0.39 is 28.5 Å². The fraction of sp³-hybridized carbons (Fsp3) is 0.355. The molecule has 2 amide bonds. The quantitative estimate of drug-likeness (QED) is 0.241. The topological polar surface area (TPSA) is 96.0 Å². The zero-order valence-corrected chi connectivity index (χ0v) is 26.8. The number of sulfonamides is 1. The molecule has 0 aromatic heterocycles. The molecular weight excluding hydrogens is 597 g/mol. The van der Waals surface area contributed by atoms with E-state index in [0.717, 1.165) is 15.4 Å². The molecule has 0 aliphatic carbocycles. The molecule has 42 heavy (non-hydrogen) atoms. The highest BCUT2D eigenvalue weighted by atomic mass is 35.5. The molecule has 0 aliphatic rings. The minimum atomic E-state index is -4.24. The number of benzene rings is 3. The van der Waals surface area contributed by atoms with Gasteiger partial charge < -0.3 is 15.0 Å². The zero-order chi connectivity index (χ0) is 31.0. The van der Waals surface area contributed by atoms with Crippen LogP contribution >= 0.6 is 23.2 Å². The number of methoxy groups -OCH3 is 1. The number of rotatable bonds is 13. The highest BCUT2D eigenvalue weighted by molar-refractivity contribution is 7.92. The molecule has 0 bridgehead atoms. The summed E-state index contributed by atoms with van der Waals surface area (Å²) in [5.41, 5.74) is 1.72. The van der Waals surface area contributed by atoms with Gasteiger partial charge in [-0.25, -0.2) is 8.42 Å². The monoisotopic (exact) mass is 633 g/mol. The molecule has 0 heterocycles. The SMILES string of the molecule is CC[C@@H](C)NC(=O)[C@@H](CC)N(Cc1cccc(OC)c1)C(=O)CN(c1cc(Cl)cc(Cl)c1)S(=O)(=O)c1ccc(C)cc1. The second-order valence-electron chi connectivity index (χ2n) is 10.1. The maximum atomic E-state index is 14.2. The van der Waals surface area contributed by atoms with Crippen LogP contribution in [0.5, 0.6) is 5.75 Å². The molecule has 3 aromatic rings. The number of halogens is 2. The van der Waals surface area contributed by atoms with Gasteiger partial charge in [0.25, 0.3) is 10.0 Å². The van der Waals surface area contributed by atoms with Crippen molar-refractivity contribution >= 4 is 50.7 Å². The molecule has 0 spiro atoms. The summed E-state index contributed by atoms with van der Waals surface area (Å²) in [7, 11) is -2.70. The van der Waals surface area contributed by atoms with Crippen molar-refractivity contribution in [3.63, 3.8) is 0 Å². The number of carbonyl (C=O) groups is 2. The van der Waals surface area contributed by atoms with Crippen molar-refractivity contribution in [2.45, 2.75) is 64.1 Å². The van der Waals surface area contributed by atoms with Gasteiger partial charge in [-0.05, 0) is 74.7 Å². The molecule has 3 aromatic carbocycles. The first-order chi connectivity index (χ1) is 19.9. The van der Waals surface area contributed by atoms with Crippen LogP contribution in [-0.4, -0.2) is 50.9 Å². The Morgan fingerprint density at radius 3 is 2.17 bits per heavy atom. The number of hydrogen-bond donors (Lipinski definition) is 1. The number of ether oxygens (including phenoxy) is 1. The standard InChI is InChI=1S/C31H37Cl2N3O5S/c1-6-22(4)34-31(38)29(7-2)35(19-23-9-8-10-27(15-23)41-5)30(37)20-36(26-17-24(32)16-25(33)18-26)42(39,40)28-13-11-21(3)12-14-28/h8-18,22,29H,6-7,19-20H2,1-5H3,(H,34,38)/t22-,29-/m1/s1. The third-order valence-electron chi connectivity index (χ3n) is 6.90. The lowest BCUT2D eigenvalue weighted by Crippen LogP contribution is -2.53. The predicted molar refractivity (Wildman–Crippen MR) is 168 cm³/mol. The van der Waals surface area contributed by atoms with Crippen LogP contribution in [0.4, 0.5) is 5.69 Å². The maximum absolute atomic E-state index is 14.2. The van der Waals surface area contributed by atoms with Crippen LogP contribution in [0.3, 0.4) is 0 Å². The summed E-state index contributed by atoms with van der Waals surface area (Å²) in [4.78, 5) is 29.0. The summed E-state index contributed by atoms with van der Waals surface area (Å²) < 4.78 is 34.3. The summed E-state index contributed by atoms with van der Waals surface area (Å²) in [5, 5.41) is 3.38. The molecule has 0 aliphatic heterocycles. The number of aryl methyl sites for hydroxylation is 1. The molecule has 0 fully saturated rings. The largest absolute Gasteiger partial charge is 0.497 e. The molecular formula is C31H37Cl2N3O5S. The Bertz CT molecular complexity index is 1480. The van der Waals surface area contributed by atoms with Crippen molar-refractivity contribution in [1.29, 1.82) is 0 Å². The highest BCUT2D eigenvalue weighted by Gasteiger charge is 2.34. The highest BCUT2D eigenvalue weighted by Crippen LogP contribution is 2.30. The van der Waals surface area contributed by atoms with Gasteiger partial charge in [0.15, 0.2) is 0 Å². The van der Waals surface area contributed by atoms with Gasteiger partial charge in [-0.1, -0.05) is 66.9 Å². The average molecular weight is 635 g/mol. The van der Waals surface area contributed by atoms with E-state index in [9.17, 15) is 18.0 Å². The lowest BCUT2D eigenvalue weighted by molar-refractivity contribution is -0.140. The zero-order valence-electron chi connectivity index (χ0n) is 24.4. The van der Waals surface area contributed by atoms with Crippen molar-refractivity contribution in [1.82, 2.24) is 10.2 Å². The number of anilines is 1. The third kappa shape index (κ3) is 8.40. The van der Waals surface area contributed by atoms with E-state index in [4.69, 9.17) is 27.9 Å². The molecule has 0 saturated carbocycles. The minimum absolute atomic E-state index is 0.00195. The molecule has 0 radical (unpaired) electrons. The van der Waals surface area contributed by atoms with E-state index >= 15 is 0 Å². The second kappa shape index (κ2) is 14.8. The van der Waals surface area contributed by atoms with Gasteiger partial charge in [0.05, 0.1) is 17.7 Å². The van der Waals surface area contributed by atoms with Crippen molar-refractivity contribution in [3.05, 3.63) is 87.9 Å². The first-order valence-electron chi connectivity index (χ1n) is 13.7. The lowest BCUT2D eigenvalue weighted by Gasteiger charge is -2.34. The van der Waals surface area contributed by atoms with Crippen LogP contribution in [0, 0.1) is 6.92 Å². The van der Waals surface area contributed by atoms with E-state index in [2.05, 4.69) is 5.32 Å². The van der Waals surface area contributed by atoms with Crippen LogP contribution < -0.4 is 14.4 Å². The minimum Gasteiger partial charge on any atom is -0.497 e. The summed E-state index contributed by atoms with van der Waals surface area (Å²) in [6.45, 7) is 6.96. The Labute approximate surface area is 258 Å². The number of hydrogen-bond acceptors (Lipinski definition) is 5. The fourth-order valence-corrected chi connectivity index (χ4v) is 6.29. The number of carbonyl (C=O) groups excluding carboxylic acids is 2. The molecule has 1 N–H and O–H groups in total. The lowest BCUT2D eigenvalue weighted by atomic mass is 10.1. The molecule has 0 unspecified atom stereocenters. The van der Waals surface area contributed by atoms with Crippen molar-refractivity contribution in [2.24, 2.45) is 0 Å². The van der Waals surface area contributed by atoms with Gasteiger partial charge >= 0.3 is 0 Å². The van der Waals surface area contributed by atoms with E-state index in [1.54, 1.807) is 37.4 Å². The number of nitrogens with one attached hydrogen (secondary N) is 1. The summed E-state index contributed by atoms with van der Waals surface area (Å²) in [5.74, 6) is -0.299. The normalized spacial score (nSPS) is 12.7.